The average Bonchev–Trinajstić information content (AvgIpc) is 2.88. The highest BCUT2D eigenvalue weighted by molar-refractivity contribution is 9.10. The number of hydrogen-bond acceptors (Lipinski definition) is 3. The van der Waals surface area contributed by atoms with Crippen molar-refractivity contribution in [2.45, 2.75) is 32.4 Å². The maximum atomic E-state index is 5.83. The van der Waals surface area contributed by atoms with Crippen molar-refractivity contribution in [3.8, 4) is 0 Å². The van der Waals surface area contributed by atoms with Crippen LogP contribution in [0.25, 0.3) is 0 Å². The Bertz CT molecular complexity index is 391. The van der Waals surface area contributed by atoms with Crippen LogP contribution in [0.4, 0.5) is 5.69 Å². The molecule has 1 unspecified atom stereocenters. The summed E-state index contributed by atoms with van der Waals surface area (Å²) in [5.41, 5.74) is 8.25. The number of anilines is 1. The van der Waals surface area contributed by atoms with Gasteiger partial charge >= 0.3 is 0 Å². The Kier molecular flexibility index (Phi) is 5.03. The van der Waals surface area contributed by atoms with Gasteiger partial charge in [0.15, 0.2) is 0 Å². The zero-order valence-electron chi connectivity index (χ0n) is 10.9. The standard InChI is InChI=1S/C14H21BrN2O/c1-2-17(10-13-4-3-7-18-13)14-8-12(15)6-5-11(14)9-16/h5-6,8,13H,2-4,7,9-10,16H2,1H3. The zero-order chi connectivity index (χ0) is 13.0. The molecule has 2 rings (SSSR count). The van der Waals surface area contributed by atoms with Gasteiger partial charge in [-0.3, -0.25) is 0 Å². The van der Waals surface area contributed by atoms with Crippen LogP contribution in [-0.4, -0.2) is 25.8 Å². The molecular formula is C14H21BrN2O. The zero-order valence-corrected chi connectivity index (χ0v) is 12.4. The number of nitrogens with two attached hydrogens (primary N) is 1. The number of hydrogen-bond donors (Lipinski definition) is 1. The van der Waals surface area contributed by atoms with Gasteiger partial charge in [0.25, 0.3) is 0 Å². The van der Waals surface area contributed by atoms with E-state index in [9.17, 15) is 0 Å². The van der Waals surface area contributed by atoms with Crippen molar-refractivity contribution in [2.24, 2.45) is 5.73 Å². The van der Waals surface area contributed by atoms with Gasteiger partial charge in [-0.15, -0.1) is 0 Å². The minimum atomic E-state index is 0.370. The van der Waals surface area contributed by atoms with Crippen molar-refractivity contribution in [3.63, 3.8) is 0 Å². The van der Waals surface area contributed by atoms with Gasteiger partial charge in [0.05, 0.1) is 6.10 Å². The second kappa shape index (κ2) is 6.55. The summed E-state index contributed by atoms with van der Waals surface area (Å²) in [7, 11) is 0. The van der Waals surface area contributed by atoms with Crippen LogP contribution in [-0.2, 0) is 11.3 Å². The molecule has 0 aliphatic carbocycles. The number of likely N-dealkylation sites (N-methyl/N-ethyl adjacent to an activating group) is 1. The molecule has 1 aromatic rings. The lowest BCUT2D eigenvalue weighted by atomic mass is 10.1. The molecule has 3 nitrogen and oxygen atoms in total. The minimum Gasteiger partial charge on any atom is -0.376 e. The summed E-state index contributed by atoms with van der Waals surface area (Å²) in [6, 6.07) is 6.30. The minimum absolute atomic E-state index is 0.370. The van der Waals surface area contributed by atoms with E-state index < -0.39 is 0 Å². The number of benzene rings is 1. The first-order chi connectivity index (χ1) is 8.74. The molecule has 1 aromatic carbocycles. The quantitative estimate of drug-likeness (QED) is 0.908. The van der Waals surface area contributed by atoms with Crippen LogP contribution in [0.15, 0.2) is 22.7 Å². The molecule has 100 valence electrons. The second-order valence-corrected chi connectivity index (χ2v) is 5.57. The Morgan fingerprint density at radius 3 is 2.94 bits per heavy atom. The number of halogens is 1. The molecule has 18 heavy (non-hydrogen) atoms. The van der Waals surface area contributed by atoms with Gasteiger partial charge < -0.3 is 15.4 Å². The van der Waals surface area contributed by atoms with Gasteiger partial charge in [-0.25, -0.2) is 0 Å². The van der Waals surface area contributed by atoms with E-state index in [4.69, 9.17) is 10.5 Å². The van der Waals surface area contributed by atoms with Crippen LogP contribution in [0.1, 0.15) is 25.3 Å². The fourth-order valence-electron chi connectivity index (χ4n) is 2.44. The molecule has 1 atom stereocenters. The topological polar surface area (TPSA) is 38.5 Å². The van der Waals surface area contributed by atoms with Crippen LogP contribution in [0.2, 0.25) is 0 Å². The lowest BCUT2D eigenvalue weighted by molar-refractivity contribution is 0.115. The predicted octanol–water partition coefficient (Wildman–Crippen LogP) is 2.91. The first-order valence-corrected chi connectivity index (χ1v) is 7.39. The largest absolute Gasteiger partial charge is 0.376 e. The predicted molar refractivity (Wildman–Crippen MR) is 78.9 cm³/mol. The van der Waals surface area contributed by atoms with Crippen molar-refractivity contribution >= 4 is 21.6 Å². The third-order valence-electron chi connectivity index (χ3n) is 3.44. The molecule has 0 radical (unpaired) electrons. The number of ether oxygens (including phenoxy) is 1. The van der Waals surface area contributed by atoms with Crippen molar-refractivity contribution < 1.29 is 4.74 Å². The summed E-state index contributed by atoms with van der Waals surface area (Å²) < 4.78 is 6.82. The SMILES string of the molecule is CCN(CC1CCCO1)c1cc(Br)ccc1CN. The molecule has 2 N–H and O–H groups in total. The Morgan fingerprint density at radius 1 is 1.50 bits per heavy atom. The third-order valence-corrected chi connectivity index (χ3v) is 3.93. The molecule has 0 bridgehead atoms. The molecule has 1 saturated heterocycles. The van der Waals surface area contributed by atoms with Gasteiger partial charge in [0.2, 0.25) is 0 Å². The fourth-order valence-corrected chi connectivity index (χ4v) is 2.78. The Hall–Kier alpha value is -0.580. The van der Waals surface area contributed by atoms with Crippen molar-refractivity contribution in [1.82, 2.24) is 0 Å². The summed E-state index contributed by atoms with van der Waals surface area (Å²) in [5, 5.41) is 0. The summed E-state index contributed by atoms with van der Waals surface area (Å²) >= 11 is 3.54. The third kappa shape index (κ3) is 3.25. The Balaban J connectivity index is 2.17. The molecule has 1 aliphatic heterocycles. The maximum Gasteiger partial charge on any atom is 0.0750 e. The summed E-state index contributed by atoms with van der Waals surface area (Å²) in [6.07, 6.45) is 2.72. The van der Waals surface area contributed by atoms with E-state index >= 15 is 0 Å². The second-order valence-electron chi connectivity index (χ2n) is 4.65. The molecule has 4 heteroatoms. The molecule has 1 fully saturated rings. The van der Waals surface area contributed by atoms with E-state index in [2.05, 4.69) is 39.9 Å². The lowest BCUT2D eigenvalue weighted by Crippen LogP contribution is -2.33. The molecular weight excluding hydrogens is 292 g/mol. The highest BCUT2D eigenvalue weighted by atomic mass is 79.9. The van der Waals surface area contributed by atoms with Gasteiger partial charge in [0, 0.05) is 36.4 Å². The summed E-state index contributed by atoms with van der Waals surface area (Å²) in [4.78, 5) is 2.36. The molecule has 0 saturated carbocycles. The molecule has 0 spiro atoms. The fraction of sp³-hybridized carbons (Fsp3) is 0.571. The monoisotopic (exact) mass is 312 g/mol. The average molecular weight is 313 g/mol. The van der Waals surface area contributed by atoms with E-state index in [0.717, 1.165) is 24.2 Å². The summed E-state index contributed by atoms with van der Waals surface area (Å²) in [6.45, 7) is 5.59. The van der Waals surface area contributed by atoms with E-state index in [1.54, 1.807) is 0 Å². The normalized spacial score (nSPS) is 19.2. The van der Waals surface area contributed by atoms with Gasteiger partial charge in [0.1, 0.15) is 0 Å². The first-order valence-electron chi connectivity index (χ1n) is 6.59. The molecule has 0 amide bonds. The van der Waals surface area contributed by atoms with Crippen LogP contribution in [0, 0.1) is 0 Å². The summed E-state index contributed by atoms with van der Waals surface area (Å²) in [5.74, 6) is 0. The van der Waals surface area contributed by atoms with E-state index in [1.807, 2.05) is 6.07 Å². The van der Waals surface area contributed by atoms with Crippen molar-refractivity contribution in [3.05, 3.63) is 28.2 Å². The van der Waals surface area contributed by atoms with Gasteiger partial charge in [-0.05, 0) is 37.5 Å². The molecule has 0 aromatic heterocycles. The lowest BCUT2D eigenvalue weighted by Gasteiger charge is -2.28. The van der Waals surface area contributed by atoms with Gasteiger partial charge in [-0.2, -0.15) is 0 Å². The van der Waals surface area contributed by atoms with Crippen molar-refractivity contribution in [1.29, 1.82) is 0 Å². The van der Waals surface area contributed by atoms with E-state index in [-0.39, 0.29) is 0 Å². The Labute approximate surface area is 117 Å². The highest BCUT2D eigenvalue weighted by Gasteiger charge is 2.20. The van der Waals surface area contributed by atoms with Crippen LogP contribution >= 0.6 is 15.9 Å². The Morgan fingerprint density at radius 2 is 2.33 bits per heavy atom. The smallest absolute Gasteiger partial charge is 0.0750 e. The first kappa shape index (κ1) is 13.8. The highest BCUT2D eigenvalue weighted by Crippen LogP contribution is 2.26. The van der Waals surface area contributed by atoms with E-state index in [0.29, 0.717) is 12.6 Å². The van der Waals surface area contributed by atoms with E-state index in [1.165, 1.54) is 24.1 Å². The molecule has 1 aliphatic rings. The number of nitrogens with zero attached hydrogens (tertiary/aromatic N) is 1. The molecule has 1 heterocycles. The number of rotatable bonds is 5. The maximum absolute atomic E-state index is 5.83. The van der Waals surface area contributed by atoms with Crippen LogP contribution in [0.3, 0.4) is 0 Å². The van der Waals surface area contributed by atoms with Crippen LogP contribution < -0.4 is 10.6 Å². The van der Waals surface area contributed by atoms with Crippen LogP contribution in [0.5, 0.6) is 0 Å². The van der Waals surface area contributed by atoms with Gasteiger partial charge in [-0.1, -0.05) is 22.0 Å². The van der Waals surface area contributed by atoms with Crippen molar-refractivity contribution in [2.75, 3.05) is 24.6 Å².